The first-order valence-electron chi connectivity index (χ1n) is 4.11. The largest absolute Gasteiger partial charge is 0.459 e. The lowest BCUT2D eigenvalue weighted by Gasteiger charge is -2.04. The molecular weight excluding hydrogens is 248 g/mol. The minimum Gasteiger partial charge on any atom is -0.459 e. The highest BCUT2D eigenvalue weighted by atomic mass is 79.9. The van der Waals surface area contributed by atoms with E-state index < -0.39 is 0 Å². The average molecular weight is 259 g/mol. The number of esters is 1. The van der Waals surface area contributed by atoms with E-state index in [4.69, 9.17) is 4.74 Å². The number of benzene rings is 1. The minimum atomic E-state index is -0.354. The third kappa shape index (κ3) is 3.89. The first kappa shape index (κ1) is 11.2. The molecule has 0 fully saturated rings. The van der Waals surface area contributed by atoms with E-state index in [-0.39, 0.29) is 19.2 Å². The number of methoxy groups -OCH3 is 1. The molecular formula is C10H11BrO3. The van der Waals surface area contributed by atoms with Crippen LogP contribution in [0.1, 0.15) is 5.56 Å². The van der Waals surface area contributed by atoms with Gasteiger partial charge in [-0.05, 0) is 17.7 Å². The van der Waals surface area contributed by atoms with Gasteiger partial charge in [-0.1, -0.05) is 28.1 Å². The zero-order chi connectivity index (χ0) is 10.4. The molecule has 76 valence electrons. The summed E-state index contributed by atoms with van der Waals surface area (Å²) >= 11 is 3.33. The van der Waals surface area contributed by atoms with Crippen molar-refractivity contribution < 1.29 is 14.3 Å². The molecule has 0 aliphatic heterocycles. The maximum atomic E-state index is 10.9. The van der Waals surface area contributed by atoms with Gasteiger partial charge in [0.1, 0.15) is 13.2 Å². The maximum absolute atomic E-state index is 10.9. The van der Waals surface area contributed by atoms with Crippen LogP contribution in [0.4, 0.5) is 0 Å². The number of rotatable bonds is 4. The number of hydrogen-bond acceptors (Lipinski definition) is 3. The van der Waals surface area contributed by atoms with Crippen LogP contribution in [0.3, 0.4) is 0 Å². The van der Waals surface area contributed by atoms with Crippen LogP contribution in [0, 0.1) is 0 Å². The highest BCUT2D eigenvalue weighted by Crippen LogP contribution is 2.12. The molecule has 0 aliphatic carbocycles. The molecule has 0 spiro atoms. The summed E-state index contributed by atoms with van der Waals surface area (Å²) in [5.74, 6) is -0.354. The van der Waals surface area contributed by atoms with Gasteiger partial charge in [0.2, 0.25) is 0 Å². The fourth-order valence-corrected chi connectivity index (χ4v) is 1.40. The molecule has 3 nitrogen and oxygen atoms in total. The first-order chi connectivity index (χ1) is 6.72. The van der Waals surface area contributed by atoms with Crippen molar-refractivity contribution in [1.29, 1.82) is 0 Å². The average Bonchev–Trinajstić information content (AvgIpc) is 2.15. The maximum Gasteiger partial charge on any atom is 0.332 e. The second kappa shape index (κ2) is 5.78. The Morgan fingerprint density at radius 2 is 2.29 bits per heavy atom. The molecule has 1 rings (SSSR count). The van der Waals surface area contributed by atoms with Crippen LogP contribution in [-0.2, 0) is 20.9 Å². The van der Waals surface area contributed by atoms with Gasteiger partial charge in [0, 0.05) is 11.6 Å². The van der Waals surface area contributed by atoms with Gasteiger partial charge in [0.05, 0.1) is 0 Å². The predicted molar refractivity (Wildman–Crippen MR) is 55.8 cm³/mol. The van der Waals surface area contributed by atoms with E-state index in [1.165, 1.54) is 7.11 Å². The Kier molecular flexibility index (Phi) is 4.62. The minimum absolute atomic E-state index is 0.00595. The lowest BCUT2D eigenvalue weighted by Crippen LogP contribution is -2.10. The van der Waals surface area contributed by atoms with Crippen molar-refractivity contribution in [3.05, 3.63) is 34.3 Å². The van der Waals surface area contributed by atoms with Crippen molar-refractivity contribution in [2.24, 2.45) is 0 Å². The van der Waals surface area contributed by atoms with E-state index in [0.717, 1.165) is 10.0 Å². The Labute approximate surface area is 91.1 Å². The molecule has 14 heavy (non-hydrogen) atoms. The number of carbonyl (C=O) groups excluding carboxylic acids is 1. The van der Waals surface area contributed by atoms with Gasteiger partial charge in [-0.2, -0.15) is 0 Å². The Balaban J connectivity index is 2.41. The monoisotopic (exact) mass is 258 g/mol. The molecule has 0 radical (unpaired) electrons. The third-order valence-electron chi connectivity index (χ3n) is 1.55. The number of hydrogen-bond donors (Lipinski definition) is 0. The van der Waals surface area contributed by atoms with Crippen LogP contribution in [-0.4, -0.2) is 19.7 Å². The van der Waals surface area contributed by atoms with Crippen LogP contribution in [0.2, 0.25) is 0 Å². The van der Waals surface area contributed by atoms with Crippen molar-refractivity contribution in [1.82, 2.24) is 0 Å². The summed E-state index contributed by atoms with van der Waals surface area (Å²) < 4.78 is 10.5. The zero-order valence-corrected chi connectivity index (χ0v) is 9.41. The molecule has 0 heterocycles. The predicted octanol–water partition coefficient (Wildman–Crippen LogP) is 2.14. The molecule has 0 N–H and O–H groups in total. The van der Waals surface area contributed by atoms with E-state index in [9.17, 15) is 4.79 Å². The van der Waals surface area contributed by atoms with Gasteiger partial charge < -0.3 is 9.47 Å². The third-order valence-corrected chi connectivity index (χ3v) is 2.04. The quantitative estimate of drug-likeness (QED) is 0.777. The fraction of sp³-hybridized carbons (Fsp3) is 0.300. The summed E-state index contributed by atoms with van der Waals surface area (Å²) in [4.78, 5) is 10.9. The lowest BCUT2D eigenvalue weighted by molar-refractivity contribution is -0.149. The number of carbonyl (C=O) groups is 1. The summed E-state index contributed by atoms with van der Waals surface area (Å²) in [7, 11) is 1.46. The van der Waals surface area contributed by atoms with Gasteiger partial charge in [-0.3, -0.25) is 0 Å². The molecule has 0 bridgehead atoms. The summed E-state index contributed by atoms with van der Waals surface area (Å²) in [5, 5.41) is 0. The van der Waals surface area contributed by atoms with E-state index in [2.05, 4.69) is 20.7 Å². The molecule has 1 aromatic carbocycles. The van der Waals surface area contributed by atoms with Crippen molar-refractivity contribution in [2.45, 2.75) is 6.61 Å². The fourth-order valence-electron chi connectivity index (χ4n) is 0.950. The smallest absolute Gasteiger partial charge is 0.332 e. The van der Waals surface area contributed by atoms with Gasteiger partial charge >= 0.3 is 5.97 Å². The molecule has 0 saturated carbocycles. The molecule has 1 aromatic rings. The van der Waals surface area contributed by atoms with Gasteiger partial charge in [-0.25, -0.2) is 4.79 Å². The normalized spacial score (nSPS) is 9.86. The molecule has 0 unspecified atom stereocenters. The molecule has 0 atom stereocenters. The highest BCUT2D eigenvalue weighted by molar-refractivity contribution is 9.10. The van der Waals surface area contributed by atoms with Crippen LogP contribution >= 0.6 is 15.9 Å². The number of halogens is 1. The lowest BCUT2D eigenvalue weighted by atomic mass is 10.2. The Morgan fingerprint density at radius 3 is 2.93 bits per heavy atom. The van der Waals surface area contributed by atoms with Gasteiger partial charge in [0.15, 0.2) is 0 Å². The van der Waals surface area contributed by atoms with E-state index in [1.54, 1.807) is 0 Å². The molecule has 4 heteroatoms. The second-order valence-electron chi connectivity index (χ2n) is 2.72. The Bertz CT molecular complexity index is 312. The van der Waals surface area contributed by atoms with Crippen LogP contribution in [0.15, 0.2) is 28.7 Å². The van der Waals surface area contributed by atoms with E-state index >= 15 is 0 Å². The summed E-state index contributed by atoms with van der Waals surface area (Å²) in [6, 6.07) is 7.61. The summed E-state index contributed by atoms with van der Waals surface area (Å²) in [6.07, 6.45) is 0. The number of ether oxygens (including phenoxy) is 2. The van der Waals surface area contributed by atoms with Crippen molar-refractivity contribution in [2.75, 3.05) is 13.7 Å². The first-order valence-corrected chi connectivity index (χ1v) is 4.90. The zero-order valence-electron chi connectivity index (χ0n) is 7.83. The van der Waals surface area contributed by atoms with Crippen molar-refractivity contribution in [3.8, 4) is 0 Å². The molecule has 0 aliphatic rings. The Hall–Kier alpha value is -0.870. The van der Waals surface area contributed by atoms with Crippen molar-refractivity contribution >= 4 is 21.9 Å². The second-order valence-corrected chi connectivity index (χ2v) is 3.64. The highest BCUT2D eigenvalue weighted by Gasteiger charge is 2.01. The summed E-state index contributed by atoms with van der Waals surface area (Å²) in [6.45, 7) is 0.273. The van der Waals surface area contributed by atoms with Crippen LogP contribution < -0.4 is 0 Å². The standard InChI is InChI=1S/C10H11BrO3/c1-13-7-10(12)14-6-8-3-2-4-9(11)5-8/h2-5H,6-7H2,1H3. The van der Waals surface area contributed by atoms with Crippen LogP contribution in [0.25, 0.3) is 0 Å². The van der Waals surface area contributed by atoms with Gasteiger partial charge in [0.25, 0.3) is 0 Å². The summed E-state index contributed by atoms with van der Waals surface area (Å²) in [5.41, 5.74) is 0.948. The van der Waals surface area contributed by atoms with E-state index in [1.807, 2.05) is 24.3 Å². The van der Waals surface area contributed by atoms with Crippen LogP contribution in [0.5, 0.6) is 0 Å². The SMILES string of the molecule is COCC(=O)OCc1cccc(Br)c1. The van der Waals surface area contributed by atoms with Crippen molar-refractivity contribution in [3.63, 3.8) is 0 Å². The van der Waals surface area contributed by atoms with E-state index in [0.29, 0.717) is 0 Å². The molecule has 0 aromatic heterocycles. The topological polar surface area (TPSA) is 35.5 Å². The molecule has 0 amide bonds. The van der Waals surface area contributed by atoms with Gasteiger partial charge in [-0.15, -0.1) is 0 Å². The Morgan fingerprint density at radius 1 is 1.50 bits per heavy atom. The molecule has 0 saturated heterocycles.